The fourth-order valence-electron chi connectivity index (χ4n) is 3.09. The largest absolute Gasteiger partial charge is 0.395 e. The summed E-state index contributed by atoms with van der Waals surface area (Å²) in [5, 5.41) is 8.89. The molecule has 1 aliphatic carbocycles. The van der Waals surface area contributed by atoms with Crippen molar-refractivity contribution < 1.29 is 9.90 Å². The molecule has 2 rings (SSSR count). The zero-order valence-electron chi connectivity index (χ0n) is 11.3. The number of piperazine rings is 1. The predicted molar refractivity (Wildman–Crippen MR) is 71.5 cm³/mol. The summed E-state index contributed by atoms with van der Waals surface area (Å²) in [5.74, 6) is 0.805. The average Bonchev–Trinajstić information content (AvgIpc) is 2.42. The van der Waals surface area contributed by atoms with E-state index in [1.807, 2.05) is 0 Å². The van der Waals surface area contributed by atoms with Crippen LogP contribution in [0.15, 0.2) is 0 Å². The van der Waals surface area contributed by atoms with E-state index < -0.39 is 0 Å². The van der Waals surface area contributed by atoms with E-state index in [-0.39, 0.29) is 6.61 Å². The van der Waals surface area contributed by atoms with Gasteiger partial charge in [-0.15, -0.1) is 0 Å². The van der Waals surface area contributed by atoms with E-state index in [1.165, 1.54) is 19.3 Å². The molecule has 2 aliphatic rings. The van der Waals surface area contributed by atoms with Crippen LogP contribution in [0.25, 0.3) is 0 Å². The molecule has 1 saturated heterocycles. The van der Waals surface area contributed by atoms with Crippen LogP contribution in [-0.4, -0.2) is 66.6 Å². The highest BCUT2D eigenvalue weighted by Crippen LogP contribution is 2.24. The highest BCUT2D eigenvalue weighted by Gasteiger charge is 2.24. The smallest absolute Gasteiger partial charge is 0.149 e. The highest BCUT2D eigenvalue weighted by atomic mass is 16.3. The molecule has 18 heavy (non-hydrogen) atoms. The van der Waals surface area contributed by atoms with Crippen LogP contribution in [0.2, 0.25) is 0 Å². The Hall–Kier alpha value is -0.450. The number of carbonyl (C=O) groups excluding carboxylic acids is 1. The minimum Gasteiger partial charge on any atom is -0.395 e. The van der Waals surface area contributed by atoms with Crippen molar-refractivity contribution in [3.63, 3.8) is 0 Å². The van der Waals surface area contributed by atoms with Gasteiger partial charge in [0.1, 0.15) is 5.78 Å². The van der Waals surface area contributed by atoms with Crippen molar-refractivity contribution in [2.75, 3.05) is 45.9 Å². The number of carbonyl (C=O) groups is 1. The molecule has 0 bridgehead atoms. The molecule has 0 radical (unpaired) electrons. The molecule has 0 aromatic rings. The first-order chi connectivity index (χ1) is 8.79. The number of hydrogen-bond donors (Lipinski definition) is 1. The van der Waals surface area contributed by atoms with Crippen LogP contribution >= 0.6 is 0 Å². The van der Waals surface area contributed by atoms with Crippen molar-refractivity contribution in [2.45, 2.75) is 32.1 Å². The first-order valence-electron chi connectivity index (χ1n) is 7.38. The molecule has 4 heteroatoms. The first kappa shape index (κ1) is 14.0. The summed E-state index contributed by atoms with van der Waals surface area (Å²) in [6.45, 7) is 5.57. The number of aliphatic hydroxyl groups is 1. The van der Waals surface area contributed by atoms with E-state index >= 15 is 0 Å². The molecular formula is C14H26N2O2. The minimum atomic E-state index is 0.237. The van der Waals surface area contributed by atoms with Gasteiger partial charge in [0.2, 0.25) is 0 Å². The van der Waals surface area contributed by atoms with Gasteiger partial charge in [0.15, 0.2) is 0 Å². The van der Waals surface area contributed by atoms with Crippen molar-refractivity contribution in [3.8, 4) is 0 Å². The van der Waals surface area contributed by atoms with Gasteiger partial charge >= 0.3 is 0 Å². The SMILES string of the molecule is O=C(CN1CCN(CCO)CC1)C1CCCCC1. The lowest BCUT2D eigenvalue weighted by Gasteiger charge is -2.34. The van der Waals surface area contributed by atoms with Crippen LogP contribution in [0.5, 0.6) is 0 Å². The molecule has 0 aromatic carbocycles. The zero-order valence-corrected chi connectivity index (χ0v) is 11.3. The molecule has 0 unspecified atom stereocenters. The highest BCUT2D eigenvalue weighted by molar-refractivity contribution is 5.83. The second-order valence-corrected chi connectivity index (χ2v) is 5.64. The molecule has 104 valence electrons. The van der Waals surface area contributed by atoms with Gasteiger partial charge in [-0.25, -0.2) is 0 Å². The predicted octanol–water partition coefficient (Wildman–Crippen LogP) is 0.746. The number of nitrogens with zero attached hydrogens (tertiary/aromatic N) is 2. The topological polar surface area (TPSA) is 43.8 Å². The van der Waals surface area contributed by atoms with Crippen molar-refractivity contribution >= 4 is 5.78 Å². The summed E-state index contributed by atoms with van der Waals surface area (Å²) in [6, 6.07) is 0. The maximum Gasteiger partial charge on any atom is 0.149 e. The molecule has 0 spiro atoms. The summed E-state index contributed by atoms with van der Waals surface area (Å²) in [4.78, 5) is 16.7. The lowest BCUT2D eigenvalue weighted by molar-refractivity contribution is -0.125. The maximum atomic E-state index is 12.2. The average molecular weight is 254 g/mol. The molecule has 1 heterocycles. The summed E-state index contributed by atoms with van der Waals surface area (Å²) in [7, 11) is 0. The van der Waals surface area contributed by atoms with Crippen LogP contribution in [0.3, 0.4) is 0 Å². The summed E-state index contributed by atoms with van der Waals surface area (Å²) >= 11 is 0. The monoisotopic (exact) mass is 254 g/mol. The number of ketones is 1. The molecule has 4 nitrogen and oxygen atoms in total. The van der Waals surface area contributed by atoms with Crippen LogP contribution in [-0.2, 0) is 4.79 Å². The van der Waals surface area contributed by atoms with Gasteiger partial charge in [0.05, 0.1) is 13.2 Å². The standard InChI is InChI=1S/C14H26N2O2/c17-11-10-15-6-8-16(9-7-15)12-14(18)13-4-2-1-3-5-13/h13,17H,1-12H2. The van der Waals surface area contributed by atoms with Gasteiger partial charge in [-0.1, -0.05) is 19.3 Å². The van der Waals surface area contributed by atoms with Gasteiger partial charge in [-0.3, -0.25) is 14.6 Å². The number of β-amino-alcohol motifs (C(OH)–C–C–N with tert-alkyl or cyclic N) is 1. The van der Waals surface area contributed by atoms with Gasteiger partial charge in [-0.2, -0.15) is 0 Å². The third kappa shape index (κ3) is 4.04. The summed E-state index contributed by atoms with van der Waals surface area (Å²) in [5.41, 5.74) is 0. The zero-order chi connectivity index (χ0) is 12.8. The van der Waals surface area contributed by atoms with E-state index in [1.54, 1.807) is 0 Å². The second-order valence-electron chi connectivity index (χ2n) is 5.64. The Bertz CT molecular complexity index is 257. The lowest BCUT2D eigenvalue weighted by atomic mass is 9.86. The Balaban J connectivity index is 1.68. The number of hydrogen-bond acceptors (Lipinski definition) is 4. The molecule has 1 saturated carbocycles. The summed E-state index contributed by atoms with van der Waals surface area (Å²) < 4.78 is 0. The molecule has 2 fully saturated rings. The lowest BCUT2D eigenvalue weighted by Crippen LogP contribution is -2.49. The van der Waals surface area contributed by atoms with Crippen LogP contribution in [0.4, 0.5) is 0 Å². The van der Waals surface area contributed by atoms with E-state index in [0.29, 0.717) is 18.2 Å². The Kier molecular flexibility index (Phi) is 5.60. The van der Waals surface area contributed by atoms with Gasteiger partial charge in [0.25, 0.3) is 0 Å². The van der Waals surface area contributed by atoms with Crippen molar-refractivity contribution in [1.82, 2.24) is 9.80 Å². The molecule has 1 N–H and O–H groups in total. The Morgan fingerprint density at radius 1 is 1.00 bits per heavy atom. The van der Waals surface area contributed by atoms with E-state index in [0.717, 1.165) is 45.6 Å². The molecule has 1 aliphatic heterocycles. The van der Waals surface area contributed by atoms with E-state index in [4.69, 9.17) is 5.11 Å². The Labute approximate surface area is 110 Å². The van der Waals surface area contributed by atoms with Gasteiger partial charge in [-0.05, 0) is 12.8 Å². The summed E-state index contributed by atoms with van der Waals surface area (Å²) in [6.07, 6.45) is 6.01. The quantitative estimate of drug-likeness (QED) is 0.786. The fraction of sp³-hybridized carbons (Fsp3) is 0.929. The van der Waals surface area contributed by atoms with Crippen LogP contribution in [0.1, 0.15) is 32.1 Å². The molecule has 0 aromatic heterocycles. The number of rotatable bonds is 5. The number of aliphatic hydroxyl groups excluding tert-OH is 1. The molecule has 0 atom stereocenters. The minimum absolute atomic E-state index is 0.237. The Morgan fingerprint density at radius 2 is 1.61 bits per heavy atom. The van der Waals surface area contributed by atoms with Gasteiger partial charge in [0, 0.05) is 38.6 Å². The van der Waals surface area contributed by atoms with Crippen molar-refractivity contribution in [3.05, 3.63) is 0 Å². The normalized spacial score (nSPS) is 24.3. The van der Waals surface area contributed by atoms with Crippen LogP contribution < -0.4 is 0 Å². The first-order valence-corrected chi connectivity index (χ1v) is 7.38. The molecular weight excluding hydrogens is 228 g/mol. The third-order valence-electron chi connectivity index (χ3n) is 4.32. The second kappa shape index (κ2) is 7.22. The van der Waals surface area contributed by atoms with E-state index in [2.05, 4.69) is 9.80 Å². The fourth-order valence-corrected chi connectivity index (χ4v) is 3.09. The third-order valence-corrected chi connectivity index (χ3v) is 4.32. The van der Waals surface area contributed by atoms with Crippen molar-refractivity contribution in [1.29, 1.82) is 0 Å². The van der Waals surface area contributed by atoms with Gasteiger partial charge < -0.3 is 5.11 Å². The van der Waals surface area contributed by atoms with E-state index in [9.17, 15) is 4.79 Å². The maximum absolute atomic E-state index is 12.2. The van der Waals surface area contributed by atoms with Crippen LogP contribution in [0, 0.1) is 5.92 Å². The molecule has 0 amide bonds. The Morgan fingerprint density at radius 3 is 2.22 bits per heavy atom. The number of Topliss-reactive ketones (excluding diaryl/α,β-unsaturated/α-hetero) is 1. The van der Waals surface area contributed by atoms with Crippen molar-refractivity contribution in [2.24, 2.45) is 5.92 Å².